The smallest absolute Gasteiger partial charge is 0.211 e. The molecule has 2 aromatic heterocycles. The quantitative estimate of drug-likeness (QED) is 0.264. The van der Waals surface area contributed by atoms with E-state index in [1.165, 1.54) is 22.9 Å². The highest BCUT2D eigenvalue weighted by molar-refractivity contribution is 7.99. The number of anilines is 1. The van der Waals surface area contributed by atoms with Crippen molar-refractivity contribution in [2.45, 2.75) is 60.6 Å². The van der Waals surface area contributed by atoms with Gasteiger partial charge in [0.05, 0.1) is 36.7 Å². The van der Waals surface area contributed by atoms with Crippen molar-refractivity contribution in [3.63, 3.8) is 0 Å². The molecule has 6 nitrogen and oxygen atoms in total. The van der Waals surface area contributed by atoms with Crippen molar-refractivity contribution in [3.8, 4) is 0 Å². The molecule has 39 heavy (non-hydrogen) atoms. The molecule has 10 heteroatoms. The van der Waals surface area contributed by atoms with Crippen LogP contribution in [0, 0.1) is 5.41 Å². The third-order valence-electron chi connectivity index (χ3n) is 7.85. The van der Waals surface area contributed by atoms with E-state index in [4.69, 9.17) is 28.2 Å². The van der Waals surface area contributed by atoms with Crippen LogP contribution in [-0.4, -0.2) is 36.4 Å². The number of benzene rings is 2. The molecule has 0 saturated carbocycles. The van der Waals surface area contributed by atoms with Crippen LogP contribution < -0.4 is 9.62 Å². The fourth-order valence-corrected chi connectivity index (χ4v) is 8.10. The summed E-state index contributed by atoms with van der Waals surface area (Å²) in [7, 11) is -1.15. The van der Waals surface area contributed by atoms with Gasteiger partial charge in [-0.3, -0.25) is 4.40 Å². The van der Waals surface area contributed by atoms with Crippen molar-refractivity contribution in [2.24, 2.45) is 5.41 Å². The van der Waals surface area contributed by atoms with Crippen LogP contribution in [0.25, 0.3) is 5.65 Å². The lowest BCUT2D eigenvalue weighted by molar-refractivity contribution is 0.177. The number of hydrogen-bond acceptors (Lipinski definition) is 5. The summed E-state index contributed by atoms with van der Waals surface area (Å²) < 4.78 is 18.5. The first-order chi connectivity index (χ1) is 18.7. The maximum Gasteiger partial charge on any atom is 0.211 e. The summed E-state index contributed by atoms with van der Waals surface area (Å²) in [5.41, 5.74) is 3.52. The van der Waals surface area contributed by atoms with Crippen molar-refractivity contribution >= 4 is 57.5 Å². The van der Waals surface area contributed by atoms with Crippen molar-refractivity contribution in [3.05, 3.63) is 82.2 Å². The fraction of sp³-hybridized carbons (Fsp3) is 0.379. The summed E-state index contributed by atoms with van der Waals surface area (Å²) in [6, 6.07) is 14.3. The van der Waals surface area contributed by atoms with Crippen LogP contribution in [-0.2, 0) is 17.4 Å². The van der Waals surface area contributed by atoms with Crippen LogP contribution in [0.3, 0.4) is 0 Å². The minimum absolute atomic E-state index is 0.0221. The van der Waals surface area contributed by atoms with E-state index in [-0.39, 0.29) is 16.2 Å². The zero-order valence-corrected chi connectivity index (χ0v) is 25.3. The fourth-order valence-electron chi connectivity index (χ4n) is 5.75. The van der Waals surface area contributed by atoms with E-state index in [9.17, 15) is 4.21 Å². The first kappa shape index (κ1) is 27.1. The predicted octanol–water partition coefficient (Wildman–Crippen LogP) is 7.12. The van der Waals surface area contributed by atoms with E-state index in [1.54, 1.807) is 6.07 Å². The molecule has 2 aliphatic rings. The molecule has 1 spiro atoms. The Morgan fingerprint density at radius 1 is 1.05 bits per heavy atom. The molecule has 4 aromatic rings. The molecule has 2 aromatic carbocycles. The van der Waals surface area contributed by atoms with Gasteiger partial charge in [0.25, 0.3) is 0 Å². The van der Waals surface area contributed by atoms with Crippen LogP contribution >= 0.6 is 35.0 Å². The highest BCUT2D eigenvalue weighted by atomic mass is 35.5. The summed E-state index contributed by atoms with van der Waals surface area (Å²) >= 11 is 14.2. The monoisotopic (exact) mass is 599 g/mol. The van der Waals surface area contributed by atoms with Crippen LogP contribution in [0.4, 0.5) is 5.95 Å². The third kappa shape index (κ3) is 4.99. The second kappa shape index (κ2) is 10.4. The largest absolute Gasteiger partial charge is 0.342 e. The summed E-state index contributed by atoms with van der Waals surface area (Å²) in [6.07, 6.45) is 8.62. The van der Waals surface area contributed by atoms with Gasteiger partial charge in [-0.15, -0.1) is 0 Å². The summed E-state index contributed by atoms with van der Waals surface area (Å²) in [4.78, 5) is 13.7. The van der Waals surface area contributed by atoms with Crippen molar-refractivity contribution in [2.75, 3.05) is 18.0 Å². The van der Waals surface area contributed by atoms with Gasteiger partial charge in [-0.1, -0.05) is 65.3 Å². The minimum atomic E-state index is -1.15. The molecule has 1 saturated heterocycles. The number of piperidine rings is 1. The predicted molar refractivity (Wildman–Crippen MR) is 161 cm³/mol. The Morgan fingerprint density at radius 2 is 1.82 bits per heavy atom. The zero-order chi connectivity index (χ0) is 27.4. The molecular formula is C29H31Cl2N5OS2. The van der Waals surface area contributed by atoms with Crippen LogP contribution in [0.2, 0.25) is 10.0 Å². The summed E-state index contributed by atoms with van der Waals surface area (Å²) in [6.45, 7) is 7.80. The molecule has 0 radical (unpaired) electrons. The summed E-state index contributed by atoms with van der Waals surface area (Å²) in [5.74, 6) is 0.886. The molecule has 0 amide bonds. The molecule has 1 aliphatic carbocycles. The molecule has 0 bridgehead atoms. The SMILES string of the molecule is CC(C)(C)[S@](=O)N[C@H]1c2ccccc2CC12CCN(c1ncc(Sc3cccc(Cl)c3Cl)c3nccn13)CC2. The summed E-state index contributed by atoms with van der Waals surface area (Å²) in [5, 5.41) is 1.06. The molecule has 1 aliphatic heterocycles. The Bertz CT molecular complexity index is 1560. The molecule has 2 atom stereocenters. The number of aromatic nitrogens is 3. The second-order valence-corrected chi connectivity index (χ2v) is 15.2. The van der Waals surface area contributed by atoms with E-state index in [1.807, 2.05) is 51.5 Å². The Hall–Kier alpha value is -2.10. The molecule has 1 fully saturated rings. The molecule has 3 heterocycles. The van der Waals surface area contributed by atoms with Gasteiger partial charge in [-0.05, 0) is 68.7 Å². The third-order valence-corrected chi connectivity index (χ3v) is 11.4. The number of hydrogen-bond donors (Lipinski definition) is 1. The molecule has 1 N–H and O–H groups in total. The van der Waals surface area contributed by atoms with Crippen molar-refractivity contribution in [1.29, 1.82) is 0 Å². The lowest BCUT2D eigenvalue weighted by atomic mass is 9.73. The van der Waals surface area contributed by atoms with E-state index < -0.39 is 11.0 Å². The molecule has 204 valence electrons. The van der Waals surface area contributed by atoms with E-state index in [0.717, 1.165) is 53.7 Å². The van der Waals surface area contributed by atoms with Gasteiger partial charge < -0.3 is 4.90 Å². The van der Waals surface area contributed by atoms with Crippen molar-refractivity contribution < 1.29 is 4.21 Å². The van der Waals surface area contributed by atoms with E-state index in [0.29, 0.717) is 10.0 Å². The lowest BCUT2D eigenvalue weighted by Crippen LogP contribution is -2.48. The van der Waals surface area contributed by atoms with Gasteiger partial charge in [0, 0.05) is 36.6 Å². The van der Waals surface area contributed by atoms with E-state index >= 15 is 0 Å². The maximum absolute atomic E-state index is 13.2. The lowest BCUT2D eigenvalue weighted by Gasteiger charge is -2.44. The average molecular weight is 601 g/mol. The first-order valence-electron chi connectivity index (χ1n) is 13.1. The normalized spacial score (nSPS) is 19.5. The Morgan fingerprint density at radius 3 is 2.59 bits per heavy atom. The van der Waals surface area contributed by atoms with Gasteiger partial charge in [-0.2, -0.15) is 0 Å². The van der Waals surface area contributed by atoms with Crippen LogP contribution in [0.5, 0.6) is 0 Å². The maximum atomic E-state index is 13.2. The second-order valence-electron chi connectivity index (χ2n) is 11.4. The van der Waals surface area contributed by atoms with Gasteiger partial charge in [0.1, 0.15) is 0 Å². The number of nitrogens with one attached hydrogen (secondary N) is 1. The highest BCUT2D eigenvalue weighted by Crippen LogP contribution is 2.52. The Labute approximate surface area is 246 Å². The molecular weight excluding hydrogens is 569 g/mol. The van der Waals surface area contributed by atoms with E-state index in [2.05, 4.69) is 43.3 Å². The van der Waals surface area contributed by atoms with Gasteiger partial charge in [0.15, 0.2) is 5.65 Å². The molecule has 0 unspecified atom stereocenters. The molecule has 6 rings (SSSR count). The Kier molecular flexibility index (Phi) is 7.21. The number of halogens is 2. The minimum Gasteiger partial charge on any atom is -0.342 e. The van der Waals surface area contributed by atoms with Crippen LogP contribution in [0.1, 0.15) is 50.8 Å². The van der Waals surface area contributed by atoms with Gasteiger partial charge in [-0.25, -0.2) is 18.9 Å². The number of imidazole rings is 1. The standard InChI is InChI=1S/C29H31Cl2N5OS2/c1-28(2,3)39(37)34-25-20-8-5-4-7-19(20)17-29(25)11-14-35(15-12-29)27-33-18-23(26-32-13-16-36(26)27)38-22-10-6-9-21(30)24(22)31/h4-10,13,16,18,25,34H,11-12,14-15,17H2,1-3H3/t25-,39-/m0/s1. The number of fused-ring (bicyclic) bond motifs is 2. The van der Waals surface area contributed by atoms with Crippen LogP contribution in [0.15, 0.2) is 70.8 Å². The highest BCUT2D eigenvalue weighted by Gasteiger charge is 2.49. The first-order valence-corrected chi connectivity index (χ1v) is 15.8. The van der Waals surface area contributed by atoms with Crippen molar-refractivity contribution in [1.82, 2.24) is 19.1 Å². The van der Waals surface area contributed by atoms with Gasteiger partial charge in [0.2, 0.25) is 5.95 Å². The zero-order valence-electron chi connectivity index (χ0n) is 22.2. The number of nitrogens with zero attached hydrogens (tertiary/aromatic N) is 4. The Balaban J connectivity index is 1.25. The van der Waals surface area contributed by atoms with Gasteiger partial charge >= 0.3 is 0 Å². The average Bonchev–Trinajstić information content (AvgIpc) is 3.51. The number of rotatable bonds is 5. The topological polar surface area (TPSA) is 62.5 Å².